The summed E-state index contributed by atoms with van der Waals surface area (Å²) in [5.41, 5.74) is 7.52. The average molecular weight is 258 g/mol. The van der Waals surface area contributed by atoms with Crippen LogP contribution in [0.25, 0.3) is 0 Å². The van der Waals surface area contributed by atoms with E-state index in [9.17, 15) is 4.79 Å². The normalized spacial score (nSPS) is 10.4. The molecule has 2 rings (SSSR count). The molecule has 0 aliphatic heterocycles. The van der Waals surface area contributed by atoms with Gasteiger partial charge < -0.3 is 15.6 Å². The van der Waals surface area contributed by atoms with Crippen molar-refractivity contribution in [1.82, 2.24) is 14.9 Å². The Morgan fingerprint density at radius 1 is 1.37 bits per heavy atom. The maximum Gasteiger partial charge on any atom is 0.273 e. The molecular weight excluding hydrogens is 240 g/mol. The first-order valence-corrected chi connectivity index (χ1v) is 6.22. The van der Waals surface area contributed by atoms with Crippen LogP contribution in [0.2, 0.25) is 0 Å². The quantitative estimate of drug-likeness (QED) is 0.870. The number of hydrogen-bond donors (Lipinski definition) is 2. The van der Waals surface area contributed by atoms with Gasteiger partial charge in [0, 0.05) is 13.6 Å². The van der Waals surface area contributed by atoms with Crippen molar-refractivity contribution in [2.75, 3.05) is 12.8 Å². The molecule has 19 heavy (non-hydrogen) atoms. The summed E-state index contributed by atoms with van der Waals surface area (Å²) in [6.07, 6.45) is 0.857. The summed E-state index contributed by atoms with van der Waals surface area (Å²) in [5, 5.41) is 2.54. The van der Waals surface area contributed by atoms with Crippen LogP contribution in [0, 0.1) is 6.92 Å². The van der Waals surface area contributed by atoms with Crippen molar-refractivity contribution in [3.8, 4) is 0 Å². The van der Waals surface area contributed by atoms with E-state index in [2.05, 4.69) is 22.4 Å². The van der Waals surface area contributed by atoms with E-state index in [-0.39, 0.29) is 5.91 Å². The fraction of sp³-hybridized carbons (Fsp3) is 0.286. The largest absolute Gasteiger partial charge is 0.383 e. The third kappa shape index (κ3) is 2.76. The average Bonchev–Trinajstić information content (AvgIpc) is 2.72. The molecule has 0 saturated carbocycles. The van der Waals surface area contributed by atoms with Crippen LogP contribution < -0.4 is 11.1 Å². The van der Waals surface area contributed by atoms with Gasteiger partial charge in [-0.05, 0) is 18.9 Å². The number of nitrogens with zero attached hydrogens (tertiary/aromatic N) is 2. The molecule has 0 fully saturated rings. The first-order chi connectivity index (χ1) is 9.13. The van der Waals surface area contributed by atoms with Crippen LogP contribution in [0.5, 0.6) is 0 Å². The standard InChI is InChI=1S/C14H18N4O/c1-10-17-12(14(19)16-2)13(15)18(10)9-8-11-6-4-3-5-7-11/h3-7H,8-9,15H2,1-2H3,(H,16,19). The third-order valence-electron chi connectivity index (χ3n) is 3.11. The van der Waals surface area contributed by atoms with Crippen LogP contribution >= 0.6 is 0 Å². The van der Waals surface area contributed by atoms with Gasteiger partial charge in [0.05, 0.1) is 0 Å². The highest BCUT2D eigenvalue weighted by Crippen LogP contribution is 2.15. The Hall–Kier alpha value is -2.30. The van der Waals surface area contributed by atoms with E-state index >= 15 is 0 Å². The zero-order valence-corrected chi connectivity index (χ0v) is 11.2. The molecule has 0 atom stereocenters. The summed E-state index contributed by atoms with van der Waals surface area (Å²) >= 11 is 0. The molecule has 5 heteroatoms. The number of aromatic nitrogens is 2. The fourth-order valence-corrected chi connectivity index (χ4v) is 2.03. The van der Waals surface area contributed by atoms with Gasteiger partial charge in [0.2, 0.25) is 0 Å². The fourth-order valence-electron chi connectivity index (χ4n) is 2.03. The SMILES string of the molecule is CNC(=O)c1nc(C)n(CCc2ccccc2)c1N. The Balaban J connectivity index is 2.17. The molecule has 0 aliphatic carbocycles. The summed E-state index contributed by atoms with van der Waals surface area (Å²) < 4.78 is 1.87. The third-order valence-corrected chi connectivity index (χ3v) is 3.11. The van der Waals surface area contributed by atoms with Crippen LogP contribution in [0.15, 0.2) is 30.3 Å². The number of amides is 1. The summed E-state index contributed by atoms with van der Waals surface area (Å²) in [6, 6.07) is 10.2. The van der Waals surface area contributed by atoms with Gasteiger partial charge in [-0.3, -0.25) is 4.79 Å². The van der Waals surface area contributed by atoms with Crippen LogP contribution in [-0.4, -0.2) is 22.5 Å². The lowest BCUT2D eigenvalue weighted by molar-refractivity contribution is 0.0959. The number of hydrogen-bond acceptors (Lipinski definition) is 3. The van der Waals surface area contributed by atoms with Gasteiger partial charge in [-0.2, -0.15) is 0 Å². The number of nitrogen functional groups attached to an aromatic ring is 1. The molecule has 1 amide bonds. The molecule has 3 N–H and O–H groups in total. The monoisotopic (exact) mass is 258 g/mol. The number of nitrogens with one attached hydrogen (secondary N) is 1. The van der Waals surface area contributed by atoms with Crippen molar-refractivity contribution in [1.29, 1.82) is 0 Å². The Morgan fingerprint density at radius 2 is 2.05 bits per heavy atom. The Morgan fingerprint density at radius 3 is 2.68 bits per heavy atom. The lowest BCUT2D eigenvalue weighted by Gasteiger charge is -2.07. The van der Waals surface area contributed by atoms with E-state index in [1.807, 2.05) is 29.7 Å². The molecule has 1 aromatic carbocycles. The maximum atomic E-state index is 11.6. The summed E-state index contributed by atoms with van der Waals surface area (Å²) in [5.74, 6) is 0.930. The number of nitrogens with two attached hydrogens (primary N) is 1. The lowest BCUT2D eigenvalue weighted by atomic mass is 10.1. The minimum Gasteiger partial charge on any atom is -0.383 e. The smallest absolute Gasteiger partial charge is 0.273 e. The molecular formula is C14H18N4O. The summed E-state index contributed by atoms with van der Waals surface area (Å²) in [4.78, 5) is 15.8. The second kappa shape index (κ2) is 5.56. The Labute approximate surface area is 112 Å². The number of imidazole rings is 1. The van der Waals surface area contributed by atoms with E-state index < -0.39 is 0 Å². The minimum absolute atomic E-state index is 0.251. The molecule has 0 radical (unpaired) electrons. The number of carbonyl (C=O) groups is 1. The van der Waals surface area contributed by atoms with Crippen LogP contribution in [0.4, 0.5) is 5.82 Å². The molecule has 0 bridgehead atoms. The molecule has 0 unspecified atom stereocenters. The highest BCUT2D eigenvalue weighted by atomic mass is 16.1. The van der Waals surface area contributed by atoms with Crippen LogP contribution in [-0.2, 0) is 13.0 Å². The van der Waals surface area contributed by atoms with Gasteiger partial charge in [-0.1, -0.05) is 30.3 Å². The number of benzene rings is 1. The number of aryl methyl sites for hydroxylation is 2. The highest BCUT2D eigenvalue weighted by molar-refractivity contribution is 5.96. The molecule has 1 heterocycles. The second-order valence-corrected chi connectivity index (χ2v) is 4.36. The summed E-state index contributed by atoms with van der Waals surface area (Å²) in [6.45, 7) is 2.57. The second-order valence-electron chi connectivity index (χ2n) is 4.36. The van der Waals surface area contributed by atoms with E-state index in [1.54, 1.807) is 7.05 Å². The van der Waals surface area contributed by atoms with Gasteiger partial charge in [0.15, 0.2) is 5.69 Å². The molecule has 0 aliphatic rings. The Bertz CT molecular complexity index is 575. The van der Waals surface area contributed by atoms with Crippen LogP contribution in [0.1, 0.15) is 21.9 Å². The predicted octanol–water partition coefficient (Wildman–Crippen LogP) is 1.38. The highest BCUT2D eigenvalue weighted by Gasteiger charge is 2.17. The van der Waals surface area contributed by atoms with Gasteiger partial charge in [0.25, 0.3) is 5.91 Å². The van der Waals surface area contributed by atoms with Crippen molar-refractivity contribution >= 4 is 11.7 Å². The van der Waals surface area contributed by atoms with Gasteiger partial charge in [-0.25, -0.2) is 4.98 Å². The van der Waals surface area contributed by atoms with E-state index in [1.165, 1.54) is 5.56 Å². The zero-order chi connectivity index (χ0) is 13.8. The van der Waals surface area contributed by atoms with E-state index in [0.29, 0.717) is 18.1 Å². The number of anilines is 1. The van der Waals surface area contributed by atoms with Gasteiger partial charge in [-0.15, -0.1) is 0 Å². The summed E-state index contributed by atoms with van der Waals surface area (Å²) in [7, 11) is 1.57. The van der Waals surface area contributed by atoms with E-state index in [4.69, 9.17) is 5.73 Å². The first kappa shape index (κ1) is 13.1. The van der Waals surface area contributed by atoms with Gasteiger partial charge in [0.1, 0.15) is 11.6 Å². The van der Waals surface area contributed by atoms with Crippen molar-refractivity contribution in [2.45, 2.75) is 19.9 Å². The molecule has 1 aromatic heterocycles. The zero-order valence-electron chi connectivity index (χ0n) is 11.2. The van der Waals surface area contributed by atoms with Crippen LogP contribution in [0.3, 0.4) is 0 Å². The van der Waals surface area contributed by atoms with Crippen molar-refractivity contribution in [3.63, 3.8) is 0 Å². The number of rotatable bonds is 4. The predicted molar refractivity (Wildman–Crippen MR) is 74.9 cm³/mol. The van der Waals surface area contributed by atoms with Crippen molar-refractivity contribution in [2.24, 2.45) is 0 Å². The first-order valence-electron chi connectivity index (χ1n) is 6.22. The van der Waals surface area contributed by atoms with Crippen molar-refractivity contribution < 1.29 is 4.79 Å². The Kier molecular flexibility index (Phi) is 3.85. The molecule has 2 aromatic rings. The maximum absolute atomic E-state index is 11.6. The molecule has 100 valence electrons. The minimum atomic E-state index is -0.251. The lowest BCUT2D eigenvalue weighted by Crippen LogP contribution is -2.20. The van der Waals surface area contributed by atoms with Gasteiger partial charge >= 0.3 is 0 Å². The van der Waals surface area contributed by atoms with E-state index in [0.717, 1.165) is 12.2 Å². The topological polar surface area (TPSA) is 72.9 Å². The molecule has 0 saturated heterocycles. The molecule has 0 spiro atoms. The molecule has 5 nitrogen and oxygen atoms in total. The van der Waals surface area contributed by atoms with Crippen molar-refractivity contribution in [3.05, 3.63) is 47.4 Å². The number of carbonyl (C=O) groups excluding carboxylic acids is 1.